The molecule has 2 aromatic rings. The summed E-state index contributed by atoms with van der Waals surface area (Å²) >= 11 is 0. The normalized spacial score (nSPS) is 15.0. The second-order valence-corrected chi connectivity index (χ2v) is 5.34. The van der Waals surface area contributed by atoms with Gasteiger partial charge in [0.2, 0.25) is 5.95 Å². The summed E-state index contributed by atoms with van der Waals surface area (Å²) in [7, 11) is 0. The molecule has 0 spiro atoms. The first kappa shape index (κ1) is 15.5. The molecule has 23 heavy (non-hydrogen) atoms. The lowest BCUT2D eigenvalue weighted by Crippen LogP contribution is -2.18. The van der Waals surface area contributed by atoms with E-state index >= 15 is 0 Å². The molecule has 1 fully saturated rings. The Labute approximate surface area is 131 Å². The molecule has 0 radical (unpaired) electrons. The molecular formula is C15H16F3N5. The van der Waals surface area contributed by atoms with E-state index in [1.807, 2.05) is 12.1 Å². The van der Waals surface area contributed by atoms with Gasteiger partial charge in [0, 0.05) is 32.0 Å². The van der Waals surface area contributed by atoms with Crippen molar-refractivity contribution in [1.82, 2.24) is 15.0 Å². The number of rotatable bonds is 4. The lowest BCUT2D eigenvalue weighted by atomic mass is 10.3. The summed E-state index contributed by atoms with van der Waals surface area (Å²) in [5.74, 6) is 0.880. The van der Waals surface area contributed by atoms with Crippen LogP contribution in [0.15, 0.2) is 30.6 Å². The zero-order valence-electron chi connectivity index (χ0n) is 12.3. The molecule has 1 N–H and O–H groups in total. The van der Waals surface area contributed by atoms with Crippen LogP contribution in [0.25, 0.3) is 0 Å². The largest absolute Gasteiger partial charge is 0.433 e. The zero-order chi connectivity index (χ0) is 16.3. The van der Waals surface area contributed by atoms with E-state index in [-0.39, 0.29) is 5.95 Å². The number of aromatic nitrogens is 3. The third-order valence-electron chi connectivity index (χ3n) is 3.64. The molecule has 3 heterocycles. The third-order valence-corrected chi connectivity index (χ3v) is 3.64. The highest BCUT2D eigenvalue weighted by molar-refractivity contribution is 5.40. The Morgan fingerprint density at radius 2 is 1.87 bits per heavy atom. The Bertz CT molecular complexity index is 651. The summed E-state index contributed by atoms with van der Waals surface area (Å²) in [6, 6.07) is 4.67. The minimum atomic E-state index is -4.47. The van der Waals surface area contributed by atoms with Crippen LogP contribution in [-0.4, -0.2) is 28.0 Å². The number of anilines is 2. The van der Waals surface area contributed by atoms with Crippen LogP contribution in [0.3, 0.4) is 0 Å². The Hall–Kier alpha value is -2.38. The minimum Gasteiger partial charge on any atom is -0.357 e. The quantitative estimate of drug-likeness (QED) is 0.937. The number of hydrogen-bond acceptors (Lipinski definition) is 5. The van der Waals surface area contributed by atoms with E-state index in [4.69, 9.17) is 0 Å². The predicted octanol–water partition coefficient (Wildman–Crippen LogP) is 3.10. The van der Waals surface area contributed by atoms with Crippen molar-refractivity contribution in [3.8, 4) is 0 Å². The van der Waals surface area contributed by atoms with Gasteiger partial charge in [0.15, 0.2) is 0 Å². The number of pyridine rings is 1. The monoisotopic (exact) mass is 323 g/mol. The topological polar surface area (TPSA) is 53.9 Å². The minimum absolute atomic E-state index is 0.0524. The molecule has 0 atom stereocenters. The number of nitrogens with one attached hydrogen (secondary N) is 1. The number of halogens is 3. The maximum atomic E-state index is 12.6. The smallest absolute Gasteiger partial charge is 0.357 e. The number of nitrogens with zero attached hydrogens (tertiary/aromatic N) is 4. The predicted molar refractivity (Wildman–Crippen MR) is 80.0 cm³/mol. The van der Waals surface area contributed by atoms with Crippen LogP contribution < -0.4 is 10.2 Å². The molecule has 2 aromatic heterocycles. The maximum absolute atomic E-state index is 12.6. The fourth-order valence-corrected chi connectivity index (χ4v) is 2.44. The summed E-state index contributed by atoms with van der Waals surface area (Å²) < 4.78 is 37.8. The summed E-state index contributed by atoms with van der Waals surface area (Å²) in [5, 5.41) is 2.79. The van der Waals surface area contributed by atoms with E-state index in [1.165, 1.54) is 12.8 Å². The van der Waals surface area contributed by atoms with Crippen LogP contribution in [0.5, 0.6) is 0 Å². The molecule has 0 aliphatic carbocycles. The van der Waals surface area contributed by atoms with Crippen LogP contribution in [0.2, 0.25) is 0 Å². The molecule has 0 unspecified atom stereocenters. The standard InChI is InChI=1S/C15H16F3N5/c16-15(17,18)12-5-6-19-14(22-12)21-10-11-3-4-13(20-9-11)23-7-1-2-8-23/h3-6,9H,1-2,7-8,10H2,(H,19,21,22). The number of alkyl halides is 3. The Balaban J connectivity index is 1.62. The van der Waals surface area contributed by atoms with Gasteiger partial charge in [-0.2, -0.15) is 13.2 Å². The first-order valence-corrected chi connectivity index (χ1v) is 7.36. The SMILES string of the molecule is FC(F)(F)c1ccnc(NCc2ccc(N3CCCC3)nc2)n1. The van der Waals surface area contributed by atoms with E-state index in [0.29, 0.717) is 6.54 Å². The van der Waals surface area contributed by atoms with Gasteiger partial charge in [0.25, 0.3) is 0 Å². The summed E-state index contributed by atoms with van der Waals surface area (Å²) in [6.07, 6.45) is 0.690. The molecule has 0 amide bonds. The van der Waals surface area contributed by atoms with Gasteiger partial charge in [-0.25, -0.2) is 15.0 Å². The van der Waals surface area contributed by atoms with Crippen molar-refractivity contribution < 1.29 is 13.2 Å². The van der Waals surface area contributed by atoms with E-state index in [1.54, 1.807) is 6.20 Å². The molecule has 1 aliphatic rings. The van der Waals surface area contributed by atoms with Gasteiger partial charge in [0.1, 0.15) is 11.5 Å². The van der Waals surface area contributed by atoms with Gasteiger partial charge in [-0.05, 0) is 30.5 Å². The molecule has 1 aliphatic heterocycles. The summed E-state index contributed by atoms with van der Waals surface area (Å²) in [5.41, 5.74) is -0.105. The molecule has 1 saturated heterocycles. The average molecular weight is 323 g/mol. The van der Waals surface area contributed by atoms with Crippen LogP contribution >= 0.6 is 0 Å². The average Bonchev–Trinajstić information content (AvgIpc) is 3.07. The maximum Gasteiger partial charge on any atom is 0.433 e. The fourth-order valence-electron chi connectivity index (χ4n) is 2.44. The Morgan fingerprint density at radius 1 is 1.09 bits per heavy atom. The van der Waals surface area contributed by atoms with E-state index in [2.05, 4.69) is 25.2 Å². The zero-order valence-corrected chi connectivity index (χ0v) is 12.3. The van der Waals surface area contributed by atoms with Crippen molar-refractivity contribution in [1.29, 1.82) is 0 Å². The van der Waals surface area contributed by atoms with E-state index < -0.39 is 11.9 Å². The van der Waals surface area contributed by atoms with Crippen molar-refractivity contribution in [2.45, 2.75) is 25.6 Å². The van der Waals surface area contributed by atoms with E-state index in [0.717, 1.165) is 36.7 Å². The van der Waals surface area contributed by atoms with Crippen LogP contribution in [0.1, 0.15) is 24.1 Å². The van der Waals surface area contributed by atoms with Gasteiger partial charge in [-0.15, -0.1) is 0 Å². The molecular weight excluding hydrogens is 307 g/mol. The molecule has 122 valence electrons. The van der Waals surface area contributed by atoms with Crippen LogP contribution in [-0.2, 0) is 12.7 Å². The lowest BCUT2D eigenvalue weighted by molar-refractivity contribution is -0.141. The molecule has 8 heteroatoms. The van der Waals surface area contributed by atoms with Crippen molar-refractivity contribution >= 4 is 11.8 Å². The second-order valence-electron chi connectivity index (χ2n) is 5.34. The van der Waals surface area contributed by atoms with Gasteiger partial charge in [0.05, 0.1) is 0 Å². The molecule has 5 nitrogen and oxygen atoms in total. The first-order chi connectivity index (χ1) is 11.0. The highest BCUT2D eigenvalue weighted by atomic mass is 19.4. The van der Waals surface area contributed by atoms with Gasteiger partial charge < -0.3 is 10.2 Å². The number of hydrogen-bond donors (Lipinski definition) is 1. The first-order valence-electron chi connectivity index (χ1n) is 7.36. The van der Waals surface area contributed by atoms with Crippen molar-refractivity contribution in [2.24, 2.45) is 0 Å². The Kier molecular flexibility index (Phi) is 4.31. The van der Waals surface area contributed by atoms with Crippen molar-refractivity contribution in [2.75, 3.05) is 23.3 Å². The highest BCUT2D eigenvalue weighted by Crippen LogP contribution is 2.27. The molecule has 0 saturated carbocycles. The third kappa shape index (κ3) is 3.88. The van der Waals surface area contributed by atoms with Gasteiger partial charge >= 0.3 is 6.18 Å². The molecule has 0 bridgehead atoms. The molecule has 3 rings (SSSR count). The van der Waals surface area contributed by atoms with Crippen molar-refractivity contribution in [3.05, 3.63) is 41.9 Å². The highest BCUT2D eigenvalue weighted by Gasteiger charge is 2.32. The fraction of sp³-hybridized carbons (Fsp3) is 0.400. The van der Waals surface area contributed by atoms with Crippen LogP contribution in [0.4, 0.5) is 24.9 Å². The van der Waals surface area contributed by atoms with Crippen LogP contribution in [0, 0.1) is 0 Å². The summed E-state index contributed by atoms with van der Waals surface area (Å²) in [4.78, 5) is 13.9. The molecule has 0 aromatic carbocycles. The Morgan fingerprint density at radius 3 is 2.52 bits per heavy atom. The summed E-state index contributed by atoms with van der Waals surface area (Å²) in [6.45, 7) is 2.35. The second kappa shape index (κ2) is 6.39. The van der Waals surface area contributed by atoms with Crippen molar-refractivity contribution in [3.63, 3.8) is 0 Å². The van der Waals surface area contributed by atoms with Gasteiger partial charge in [-0.1, -0.05) is 6.07 Å². The lowest BCUT2D eigenvalue weighted by Gasteiger charge is -2.16. The van der Waals surface area contributed by atoms with E-state index in [9.17, 15) is 13.2 Å². The van der Waals surface area contributed by atoms with Gasteiger partial charge in [-0.3, -0.25) is 0 Å².